The lowest BCUT2D eigenvalue weighted by molar-refractivity contribution is -0.146. The summed E-state index contributed by atoms with van der Waals surface area (Å²) in [4.78, 5) is 0. The summed E-state index contributed by atoms with van der Waals surface area (Å²) in [5, 5.41) is 2.90. The number of ether oxygens (including phenoxy) is 2. The van der Waals surface area contributed by atoms with Crippen molar-refractivity contribution < 1.29 is 9.47 Å². The van der Waals surface area contributed by atoms with Crippen LogP contribution in [-0.2, 0) is 9.47 Å². The molecule has 2 nitrogen and oxygen atoms in total. The van der Waals surface area contributed by atoms with E-state index in [1.54, 1.807) is 0 Å². The highest BCUT2D eigenvalue weighted by Crippen LogP contribution is 2.46. The molecule has 32 heavy (non-hydrogen) atoms. The Bertz CT molecular complexity index is 1060. The summed E-state index contributed by atoms with van der Waals surface area (Å²) >= 11 is 0. The van der Waals surface area contributed by atoms with Gasteiger partial charge >= 0.3 is 0 Å². The fourth-order valence-corrected chi connectivity index (χ4v) is 10.4. The predicted molar refractivity (Wildman–Crippen MR) is 134 cm³/mol. The first kappa shape index (κ1) is 21.2. The second-order valence-electron chi connectivity index (χ2n) is 10.00. The van der Waals surface area contributed by atoms with Gasteiger partial charge in [0.15, 0.2) is 0 Å². The first-order valence-electron chi connectivity index (χ1n) is 11.7. The fraction of sp³-hybridized carbons (Fsp3) is 0.310. The average molecular weight is 441 g/mol. The lowest BCUT2D eigenvalue weighted by Gasteiger charge is -2.42. The molecule has 2 bridgehead atoms. The molecule has 2 heterocycles. The van der Waals surface area contributed by atoms with Gasteiger partial charge in [0.1, 0.15) is 8.07 Å². The molecule has 3 aromatic carbocycles. The Hall–Kier alpha value is -2.62. The third kappa shape index (κ3) is 3.64. The van der Waals surface area contributed by atoms with Crippen LogP contribution in [0.5, 0.6) is 0 Å². The van der Waals surface area contributed by atoms with Gasteiger partial charge in [0.2, 0.25) is 6.29 Å². The van der Waals surface area contributed by atoms with Crippen molar-refractivity contribution >= 4 is 18.4 Å². The maximum absolute atomic E-state index is 6.68. The lowest BCUT2D eigenvalue weighted by Crippen LogP contribution is -2.63. The second-order valence-corrected chi connectivity index (χ2v) is 14.6. The molecule has 0 unspecified atom stereocenters. The van der Waals surface area contributed by atoms with Crippen LogP contribution in [0.4, 0.5) is 0 Å². The maximum atomic E-state index is 6.68. The number of benzene rings is 3. The van der Waals surface area contributed by atoms with Crippen molar-refractivity contribution in [2.24, 2.45) is 0 Å². The lowest BCUT2D eigenvalue weighted by atomic mass is 10.0. The Morgan fingerprint density at radius 2 is 1.34 bits per heavy atom. The molecule has 3 heteroatoms. The number of hydrogen-bond donors (Lipinski definition) is 0. The first-order chi connectivity index (χ1) is 15.5. The Morgan fingerprint density at radius 3 is 1.94 bits per heavy atom. The third-order valence-electron chi connectivity index (χ3n) is 7.05. The van der Waals surface area contributed by atoms with E-state index < -0.39 is 8.07 Å². The average Bonchev–Trinajstić information content (AvgIpc) is 3.16. The molecule has 5 rings (SSSR count). The predicted octanol–water partition coefficient (Wildman–Crippen LogP) is 6.44. The van der Waals surface area contributed by atoms with Crippen molar-refractivity contribution in [3.8, 4) is 0 Å². The molecular formula is C29H32O2Si. The van der Waals surface area contributed by atoms with E-state index in [1.807, 2.05) is 0 Å². The van der Waals surface area contributed by atoms with Gasteiger partial charge in [-0.15, -0.1) is 0 Å². The molecule has 2 atom stereocenters. The molecule has 2 aliphatic rings. The normalized spacial score (nSPS) is 22.0. The minimum Gasteiger partial charge on any atom is -0.466 e. The van der Waals surface area contributed by atoms with Gasteiger partial charge in [0, 0.05) is 12.0 Å². The van der Waals surface area contributed by atoms with E-state index >= 15 is 0 Å². The third-order valence-corrected chi connectivity index (χ3v) is 12.7. The zero-order valence-electron chi connectivity index (χ0n) is 19.3. The van der Waals surface area contributed by atoms with E-state index in [0.717, 1.165) is 25.0 Å². The molecule has 1 fully saturated rings. The van der Waals surface area contributed by atoms with E-state index in [2.05, 4.69) is 111 Å². The van der Waals surface area contributed by atoms with E-state index in [0.29, 0.717) is 0 Å². The number of rotatable bonds is 3. The largest absolute Gasteiger partial charge is 0.466 e. The summed E-state index contributed by atoms with van der Waals surface area (Å²) in [5.74, 6) is 1.08. The minimum absolute atomic E-state index is 0.0609. The summed E-state index contributed by atoms with van der Waals surface area (Å²) in [6, 6.07) is 30.7. The van der Waals surface area contributed by atoms with Crippen molar-refractivity contribution in [3.63, 3.8) is 0 Å². The van der Waals surface area contributed by atoms with Gasteiger partial charge in [-0.2, -0.15) is 0 Å². The van der Waals surface area contributed by atoms with Crippen LogP contribution in [0.3, 0.4) is 0 Å². The van der Waals surface area contributed by atoms with Gasteiger partial charge in [-0.05, 0) is 39.5 Å². The Kier molecular flexibility index (Phi) is 5.56. The zero-order chi connectivity index (χ0) is 22.2. The standard InChI is InChI=1S/C29H32O2Si/c1-29(2,3)32(23-14-6-4-7-15-23,24-16-8-5-9-17-24)21-22-13-12-20-27-25-18-10-11-19-26(25)28(30-22)31-27/h4-11,14-19,21,27-28H,12-13,20H2,1-3H3/b22-21+/t27-,28-/m1/s1. The van der Waals surface area contributed by atoms with Crippen LogP contribution in [0.2, 0.25) is 5.04 Å². The molecular weight excluding hydrogens is 408 g/mol. The van der Waals surface area contributed by atoms with Gasteiger partial charge in [-0.1, -0.05) is 106 Å². The highest BCUT2D eigenvalue weighted by Gasteiger charge is 2.47. The van der Waals surface area contributed by atoms with Crippen LogP contribution in [0.15, 0.2) is 96.4 Å². The Morgan fingerprint density at radius 1 is 0.781 bits per heavy atom. The second kappa shape index (κ2) is 8.38. The van der Waals surface area contributed by atoms with Gasteiger partial charge in [-0.3, -0.25) is 0 Å². The quantitative estimate of drug-likeness (QED) is 0.436. The van der Waals surface area contributed by atoms with E-state index in [9.17, 15) is 0 Å². The Balaban J connectivity index is 1.66. The number of hydrogen-bond acceptors (Lipinski definition) is 2. The number of fused-ring (bicyclic) bond motifs is 5. The minimum atomic E-state index is -2.34. The van der Waals surface area contributed by atoms with E-state index in [-0.39, 0.29) is 17.4 Å². The molecule has 2 aliphatic heterocycles. The van der Waals surface area contributed by atoms with Crippen molar-refractivity contribution in [2.75, 3.05) is 0 Å². The molecule has 0 saturated carbocycles. The van der Waals surface area contributed by atoms with Crippen molar-refractivity contribution in [1.82, 2.24) is 0 Å². The van der Waals surface area contributed by atoms with Crippen LogP contribution < -0.4 is 10.4 Å². The van der Waals surface area contributed by atoms with Crippen LogP contribution >= 0.6 is 0 Å². The summed E-state index contributed by atoms with van der Waals surface area (Å²) in [5.41, 5.74) is 5.01. The van der Waals surface area contributed by atoms with Crippen LogP contribution in [0.1, 0.15) is 63.6 Å². The molecule has 0 N–H and O–H groups in total. The first-order valence-corrected chi connectivity index (χ1v) is 13.8. The van der Waals surface area contributed by atoms with Crippen LogP contribution in [-0.4, -0.2) is 8.07 Å². The molecule has 1 saturated heterocycles. The van der Waals surface area contributed by atoms with Crippen molar-refractivity contribution in [3.05, 3.63) is 108 Å². The van der Waals surface area contributed by atoms with E-state index in [4.69, 9.17) is 9.47 Å². The highest BCUT2D eigenvalue weighted by molar-refractivity contribution is 7.07. The van der Waals surface area contributed by atoms with Gasteiger partial charge in [0.25, 0.3) is 0 Å². The van der Waals surface area contributed by atoms with Gasteiger partial charge in [-0.25, -0.2) is 0 Å². The fourth-order valence-electron chi connectivity index (χ4n) is 5.45. The molecule has 3 aromatic rings. The van der Waals surface area contributed by atoms with Crippen LogP contribution in [0, 0.1) is 0 Å². The highest BCUT2D eigenvalue weighted by atomic mass is 28.3. The summed E-state index contributed by atoms with van der Waals surface area (Å²) < 4.78 is 13.0. The zero-order valence-corrected chi connectivity index (χ0v) is 20.3. The van der Waals surface area contributed by atoms with E-state index in [1.165, 1.54) is 21.5 Å². The molecule has 164 valence electrons. The Labute approximate surface area is 192 Å². The smallest absolute Gasteiger partial charge is 0.227 e. The summed E-state index contributed by atoms with van der Waals surface area (Å²) in [6.45, 7) is 7.16. The molecule has 0 aliphatic carbocycles. The molecule has 0 spiro atoms. The van der Waals surface area contributed by atoms with Crippen molar-refractivity contribution in [1.29, 1.82) is 0 Å². The van der Waals surface area contributed by atoms with Gasteiger partial charge < -0.3 is 9.47 Å². The molecule has 0 aromatic heterocycles. The summed E-state index contributed by atoms with van der Waals surface area (Å²) in [6.07, 6.45) is 2.91. The van der Waals surface area contributed by atoms with Gasteiger partial charge in [0.05, 0.1) is 11.9 Å². The van der Waals surface area contributed by atoms with Crippen molar-refractivity contribution in [2.45, 2.75) is 57.5 Å². The summed E-state index contributed by atoms with van der Waals surface area (Å²) in [7, 11) is -2.34. The topological polar surface area (TPSA) is 18.5 Å². The molecule has 0 amide bonds. The molecule has 0 radical (unpaired) electrons. The maximum Gasteiger partial charge on any atom is 0.227 e. The monoisotopic (exact) mass is 440 g/mol. The number of allylic oxidation sites excluding steroid dienone is 1. The SMILES string of the molecule is CC(C)(C)[Si](/C=C1\CCC[C@H]2O[C@@H](O1)c1ccccc12)(c1ccccc1)c1ccccc1. The van der Waals surface area contributed by atoms with Crippen LogP contribution in [0.25, 0.3) is 0 Å².